The fraction of sp³-hybridized carbons (Fsp3) is 0.0833. The molecule has 0 aliphatic carbocycles. The van der Waals surface area contributed by atoms with E-state index in [9.17, 15) is 9.59 Å². The van der Waals surface area contributed by atoms with Crippen LogP contribution >= 0.6 is 11.6 Å². The molecule has 0 spiro atoms. The average molecular weight is 420 g/mol. The third kappa shape index (κ3) is 4.21. The molecule has 5 nitrogen and oxygen atoms in total. The van der Waals surface area contributed by atoms with Gasteiger partial charge in [-0.05, 0) is 67.6 Å². The summed E-state index contributed by atoms with van der Waals surface area (Å²) in [7, 11) is 0. The summed E-state index contributed by atoms with van der Waals surface area (Å²) in [6, 6.07) is 20.4. The predicted octanol–water partition coefficient (Wildman–Crippen LogP) is 5.76. The lowest BCUT2D eigenvalue weighted by atomic mass is 10.1. The average Bonchev–Trinajstić information content (AvgIpc) is 2.75. The van der Waals surface area contributed by atoms with E-state index in [0.29, 0.717) is 39.6 Å². The molecule has 6 heteroatoms. The maximum absolute atomic E-state index is 12.7. The van der Waals surface area contributed by atoms with Gasteiger partial charge in [0.05, 0.1) is 12.0 Å². The monoisotopic (exact) mass is 419 g/mol. The molecule has 0 aliphatic heterocycles. The van der Waals surface area contributed by atoms with Gasteiger partial charge in [-0.1, -0.05) is 17.7 Å². The van der Waals surface area contributed by atoms with Crippen LogP contribution in [-0.2, 0) is 0 Å². The van der Waals surface area contributed by atoms with Crippen LogP contribution in [0.1, 0.15) is 17.3 Å². The second kappa shape index (κ2) is 8.43. The van der Waals surface area contributed by atoms with Gasteiger partial charge >= 0.3 is 0 Å². The number of anilines is 1. The zero-order chi connectivity index (χ0) is 21.1. The Morgan fingerprint density at radius 1 is 1.03 bits per heavy atom. The molecule has 0 unspecified atom stereocenters. The van der Waals surface area contributed by atoms with E-state index in [0.717, 1.165) is 11.3 Å². The fourth-order valence-corrected chi connectivity index (χ4v) is 3.28. The molecular weight excluding hydrogens is 402 g/mol. The van der Waals surface area contributed by atoms with Gasteiger partial charge in [-0.15, -0.1) is 0 Å². The summed E-state index contributed by atoms with van der Waals surface area (Å²) in [6.07, 6.45) is 0. The van der Waals surface area contributed by atoms with Gasteiger partial charge in [0.25, 0.3) is 5.91 Å². The second-order valence-electron chi connectivity index (χ2n) is 6.61. The van der Waals surface area contributed by atoms with Gasteiger partial charge in [0, 0.05) is 27.9 Å². The van der Waals surface area contributed by atoms with Crippen molar-refractivity contribution < 1.29 is 13.9 Å². The first-order valence-electron chi connectivity index (χ1n) is 9.41. The van der Waals surface area contributed by atoms with Crippen LogP contribution in [0.25, 0.3) is 22.3 Å². The Hall–Kier alpha value is -3.57. The van der Waals surface area contributed by atoms with Crippen LogP contribution < -0.4 is 15.5 Å². The number of halogens is 1. The minimum absolute atomic E-state index is 0.195. The molecule has 0 atom stereocenters. The molecule has 1 amide bonds. The minimum Gasteiger partial charge on any atom is -0.494 e. The molecule has 4 rings (SSSR count). The zero-order valence-corrected chi connectivity index (χ0v) is 16.9. The Morgan fingerprint density at radius 2 is 1.83 bits per heavy atom. The molecule has 1 N–H and O–H groups in total. The van der Waals surface area contributed by atoms with E-state index in [-0.39, 0.29) is 11.3 Å². The lowest BCUT2D eigenvalue weighted by Gasteiger charge is -2.08. The Balaban J connectivity index is 1.62. The summed E-state index contributed by atoms with van der Waals surface area (Å²) < 4.78 is 11.4. The number of nitrogens with one attached hydrogen (secondary N) is 1. The number of amides is 1. The quantitative estimate of drug-likeness (QED) is 0.446. The van der Waals surface area contributed by atoms with Gasteiger partial charge in [-0.2, -0.15) is 0 Å². The number of benzene rings is 3. The van der Waals surface area contributed by atoms with E-state index in [2.05, 4.69) is 5.32 Å². The molecule has 0 radical (unpaired) electrons. The van der Waals surface area contributed by atoms with Crippen molar-refractivity contribution in [2.75, 3.05) is 11.9 Å². The van der Waals surface area contributed by atoms with Crippen molar-refractivity contribution in [2.45, 2.75) is 6.92 Å². The van der Waals surface area contributed by atoms with Gasteiger partial charge in [-0.3, -0.25) is 9.59 Å². The van der Waals surface area contributed by atoms with E-state index in [1.807, 2.05) is 31.2 Å². The first-order valence-corrected chi connectivity index (χ1v) is 9.79. The molecule has 1 aromatic heterocycles. The van der Waals surface area contributed by atoms with E-state index in [1.54, 1.807) is 42.5 Å². The van der Waals surface area contributed by atoms with Crippen LogP contribution in [0.5, 0.6) is 5.75 Å². The number of hydrogen-bond acceptors (Lipinski definition) is 4. The number of ether oxygens (including phenoxy) is 1. The molecule has 4 aromatic rings. The van der Waals surface area contributed by atoms with Crippen molar-refractivity contribution in [1.82, 2.24) is 0 Å². The van der Waals surface area contributed by atoms with Crippen molar-refractivity contribution >= 4 is 34.2 Å². The lowest BCUT2D eigenvalue weighted by molar-refractivity contribution is 0.102. The zero-order valence-electron chi connectivity index (χ0n) is 16.1. The molecule has 3 aromatic carbocycles. The van der Waals surface area contributed by atoms with Crippen LogP contribution in [0.15, 0.2) is 82.0 Å². The Labute approximate surface area is 177 Å². The normalized spacial score (nSPS) is 10.7. The van der Waals surface area contributed by atoms with Crippen molar-refractivity contribution in [1.29, 1.82) is 0 Å². The van der Waals surface area contributed by atoms with Gasteiger partial charge < -0.3 is 14.5 Å². The first kappa shape index (κ1) is 19.7. The highest BCUT2D eigenvalue weighted by Gasteiger charge is 2.11. The van der Waals surface area contributed by atoms with Crippen molar-refractivity contribution in [3.05, 3.63) is 93.6 Å². The van der Waals surface area contributed by atoms with E-state index in [1.165, 1.54) is 6.07 Å². The third-order valence-corrected chi connectivity index (χ3v) is 4.76. The summed E-state index contributed by atoms with van der Waals surface area (Å²) in [6.45, 7) is 2.50. The van der Waals surface area contributed by atoms with Gasteiger partial charge in [0.15, 0.2) is 5.43 Å². The predicted molar refractivity (Wildman–Crippen MR) is 118 cm³/mol. The van der Waals surface area contributed by atoms with E-state index < -0.39 is 0 Å². The third-order valence-electron chi connectivity index (χ3n) is 4.52. The molecule has 1 heterocycles. The minimum atomic E-state index is -0.313. The summed E-state index contributed by atoms with van der Waals surface area (Å²) >= 11 is 5.94. The maximum Gasteiger partial charge on any atom is 0.255 e. The summed E-state index contributed by atoms with van der Waals surface area (Å²) in [5, 5.41) is 3.64. The standard InChI is InChI=1S/C24H18ClNO4/c1-2-29-19-9-6-15(7-10-19)23-14-21(27)20-13-18(8-11-22(20)30-23)26-24(28)16-4-3-5-17(25)12-16/h3-14H,2H2,1H3,(H,26,28). The summed E-state index contributed by atoms with van der Waals surface area (Å²) in [4.78, 5) is 25.1. The molecule has 0 bridgehead atoms. The number of rotatable bonds is 5. The number of hydrogen-bond donors (Lipinski definition) is 1. The fourth-order valence-electron chi connectivity index (χ4n) is 3.09. The molecule has 0 saturated carbocycles. The number of carbonyl (C=O) groups excluding carboxylic acids is 1. The van der Waals surface area contributed by atoms with Crippen molar-refractivity contribution in [3.63, 3.8) is 0 Å². The van der Waals surface area contributed by atoms with E-state index >= 15 is 0 Å². The molecule has 150 valence electrons. The Morgan fingerprint density at radius 3 is 2.57 bits per heavy atom. The lowest BCUT2D eigenvalue weighted by Crippen LogP contribution is -2.12. The SMILES string of the molecule is CCOc1ccc(-c2cc(=O)c3cc(NC(=O)c4cccc(Cl)c4)ccc3o2)cc1. The highest BCUT2D eigenvalue weighted by Crippen LogP contribution is 2.26. The smallest absolute Gasteiger partial charge is 0.255 e. The van der Waals surface area contributed by atoms with Crippen LogP contribution in [0.2, 0.25) is 5.02 Å². The maximum atomic E-state index is 12.7. The summed E-state index contributed by atoms with van der Waals surface area (Å²) in [5.41, 5.74) is 1.94. The van der Waals surface area contributed by atoms with Crippen LogP contribution in [0.3, 0.4) is 0 Å². The van der Waals surface area contributed by atoms with Crippen LogP contribution in [0, 0.1) is 0 Å². The van der Waals surface area contributed by atoms with Gasteiger partial charge in [-0.25, -0.2) is 0 Å². The second-order valence-corrected chi connectivity index (χ2v) is 7.04. The van der Waals surface area contributed by atoms with Crippen molar-refractivity contribution in [2.24, 2.45) is 0 Å². The number of fused-ring (bicyclic) bond motifs is 1. The first-order chi connectivity index (χ1) is 14.5. The highest BCUT2D eigenvalue weighted by atomic mass is 35.5. The molecule has 0 aliphatic rings. The van der Waals surface area contributed by atoms with E-state index in [4.69, 9.17) is 20.8 Å². The van der Waals surface area contributed by atoms with Crippen LogP contribution in [-0.4, -0.2) is 12.5 Å². The summed E-state index contributed by atoms with van der Waals surface area (Å²) in [5.74, 6) is 0.906. The number of carbonyl (C=O) groups is 1. The van der Waals surface area contributed by atoms with Gasteiger partial charge in [0.2, 0.25) is 0 Å². The molecule has 30 heavy (non-hydrogen) atoms. The van der Waals surface area contributed by atoms with Gasteiger partial charge in [0.1, 0.15) is 17.1 Å². The van der Waals surface area contributed by atoms with Crippen LogP contribution in [0.4, 0.5) is 5.69 Å². The highest BCUT2D eigenvalue weighted by molar-refractivity contribution is 6.31. The molecule has 0 fully saturated rings. The Bertz CT molecular complexity index is 1280. The van der Waals surface area contributed by atoms with Crippen molar-refractivity contribution in [3.8, 4) is 17.1 Å². The largest absolute Gasteiger partial charge is 0.494 e. The Kier molecular flexibility index (Phi) is 5.55. The molecular formula is C24H18ClNO4. The molecule has 0 saturated heterocycles. The topological polar surface area (TPSA) is 68.5 Å².